The van der Waals surface area contributed by atoms with Gasteiger partial charge >= 0.3 is 0 Å². The van der Waals surface area contributed by atoms with Gasteiger partial charge in [-0.25, -0.2) is 0 Å². The van der Waals surface area contributed by atoms with Gasteiger partial charge in [0.05, 0.1) is 0 Å². The van der Waals surface area contributed by atoms with E-state index < -0.39 is 0 Å². The van der Waals surface area contributed by atoms with Crippen LogP contribution in [0.25, 0.3) is 16.8 Å². The van der Waals surface area contributed by atoms with Crippen molar-refractivity contribution in [2.75, 3.05) is 6.54 Å². The second kappa shape index (κ2) is 5.82. The Balaban J connectivity index is 2.24. The Bertz CT molecular complexity index is 594. The molecule has 0 aliphatic heterocycles. The van der Waals surface area contributed by atoms with E-state index in [2.05, 4.69) is 30.1 Å². The van der Waals surface area contributed by atoms with E-state index in [0.717, 1.165) is 10.9 Å². The Morgan fingerprint density at radius 3 is 2.78 bits per heavy atom. The molecule has 0 saturated carbocycles. The van der Waals surface area contributed by atoms with E-state index in [-0.39, 0.29) is 5.91 Å². The maximum atomic E-state index is 11.5. The Hall–Kier alpha value is -2.35. The lowest BCUT2D eigenvalue weighted by Crippen LogP contribution is -2.20. The van der Waals surface area contributed by atoms with Gasteiger partial charge in [-0.2, -0.15) is 0 Å². The molecule has 0 aromatic heterocycles. The molecule has 2 rings (SSSR count). The Kier molecular flexibility index (Phi) is 3.92. The summed E-state index contributed by atoms with van der Waals surface area (Å²) in [5.41, 5.74) is 1.04. The van der Waals surface area contributed by atoms with Crippen LogP contribution in [0, 0.1) is 0 Å². The third-order valence-corrected chi connectivity index (χ3v) is 2.66. The second-order valence-corrected chi connectivity index (χ2v) is 3.94. The summed E-state index contributed by atoms with van der Waals surface area (Å²) in [6, 6.07) is 14.2. The van der Waals surface area contributed by atoms with Crippen molar-refractivity contribution in [3.05, 3.63) is 66.8 Å². The molecule has 90 valence electrons. The van der Waals surface area contributed by atoms with Gasteiger partial charge in [-0.3, -0.25) is 4.79 Å². The molecule has 1 N–H and O–H groups in total. The van der Waals surface area contributed by atoms with Gasteiger partial charge in [0.15, 0.2) is 0 Å². The van der Waals surface area contributed by atoms with E-state index >= 15 is 0 Å². The fourth-order valence-electron chi connectivity index (χ4n) is 1.79. The van der Waals surface area contributed by atoms with Gasteiger partial charge < -0.3 is 5.32 Å². The highest BCUT2D eigenvalue weighted by molar-refractivity contribution is 5.96. The molecule has 0 atom stereocenters. The number of benzene rings is 2. The summed E-state index contributed by atoms with van der Waals surface area (Å²) >= 11 is 0. The number of fused-ring (bicyclic) bond motifs is 1. The van der Waals surface area contributed by atoms with Crippen LogP contribution < -0.4 is 5.32 Å². The van der Waals surface area contributed by atoms with Gasteiger partial charge in [0, 0.05) is 12.6 Å². The summed E-state index contributed by atoms with van der Waals surface area (Å²) < 4.78 is 0. The van der Waals surface area contributed by atoms with Crippen LogP contribution >= 0.6 is 0 Å². The predicted octanol–water partition coefficient (Wildman–Crippen LogP) is 3.16. The monoisotopic (exact) mass is 237 g/mol. The molecule has 0 fully saturated rings. The SMILES string of the molecule is C=CCNC(=O)C=Cc1cccc2ccccc12. The molecule has 0 saturated heterocycles. The molecule has 0 radical (unpaired) electrons. The fourth-order valence-corrected chi connectivity index (χ4v) is 1.79. The summed E-state index contributed by atoms with van der Waals surface area (Å²) in [5.74, 6) is -0.108. The van der Waals surface area contributed by atoms with Crippen molar-refractivity contribution in [2.24, 2.45) is 0 Å². The van der Waals surface area contributed by atoms with E-state index in [1.165, 1.54) is 5.39 Å². The minimum absolute atomic E-state index is 0.108. The number of rotatable bonds is 4. The summed E-state index contributed by atoms with van der Waals surface area (Å²) in [4.78, 5) is 11.5. The Morgan fingerprint density at radius 2 is 1.94 bits per heavy atom. The molecule has 0 spiro atoms. The smallest absolute Gasteiger partial charge is 0.244 e. The molecular weight excluding hydrogens is 222 g/mol. The van der Waals surface area contributed by atoms with E-state index in [9.17, 15) is 4.79 Å². The van der Waals surface area contributed by atoms with Crippen molar-refractivity contribution in [3.8, 4) is 0 Å². The van der Waals surface area contributed by atoms with Gasteiger partial charge in [0.25, 0.3) is 0 Å². The topological polar surface area (TPSA) is 29.1 Å². The van der Waals surface area contributed by atoms with E-state index in [1.807, 2.05) is 30.3 Å². The molecule has 1 amide bonds. The second-order valence-electron chi connectivity index (χ2n) is 3.94. The molecule has 0 bridgehead atoms. The van der Waals surface area contributed by atoms with Crippen LogP contribution in [0.5, 0.6) is 0 Å². The summed E-state index contributed by atoms with van der Waals surface area (Å²) in [5, 5.41) is 5.03. The van der Waals surface area contributed by atoms with Crippen molar-refractivity contribution in [2.45, 2.75) is 0 Å². The third kappa shape index (κ3) is 2.86. The Morgan fingerprint density at radius 1 is 1.17 bits per heavy atom. The van der Waals surface area contributed by atoms with Gasteiger partial charge in [-0.05, 0) is 22.4 Å². The van der Waals surface area contributed by atoms with Crippen LogP contribution in [0.2, 0.25) is 0 Å². The van der Waals surface area contributed by atoms with Gasteiger partial charge in [-0.15, -0.1) is 6.58 Å². The van der Waals surface area contributed by atoms with Crippen LogP contribution in [-0.2, 0) is 4.79 Å². The zero-order valence-corrected chi connectivity index (χ0v) is 10.1. The summed E-state index contributed by atoms with van der Waals surface area (Å²) in [6.45, 7) is 4.04. The number of amides is 1. The van der Waals surface area contributed by atoms with Crippen LogP contribution in [0.4, 0.5) is 0 Å². The minimum atomic E-state index is -0.108. The van der Waals surface area contributed by atoms with Gasteiger partial charge in [0.2, 0.25) is 5.91 Å². The average Bonchev–Trinajstić information content (AvgIpc) is 2.42. The lowest BCUT2D eigenvalue weighted by atomic mass is 10.0. The minimum Gasteiger partial charge on any atom is -0.349 e. The number of hydrogen-bond acceptors (Lipinski definition) is 1. The van der Waals surface area contributed by atoms with Crippen LogP contribution in [-0.4, -0.2) is 12.5 Å². The summed E-state index contributed by atoms with van der Waals surface area (Å²) in [6.07, 6.45) is 5.04. The number of nitrogens with one attached hydrogen (secondary N) is 1. The highest BCUT2D eigenvalue weighted by Crippen LogP contribution is 2.19. The largest absolute Gasteiger partial charge is 0.349 e. The van der Waals surface area contributed by atoms with Crippen molar-refractivity contribution < 1.29 is 4.79 Å². The molecule has 0 heterocycles. The van der Waals surface area contributed by atoms with Gasteiger partial charge in [0.1, 0.15) is 0 Å². The lowest BCUT2D eigenvalue weighted by molar-refractivity contribution is -0.116. The lowest BCUT2D eigenvalue weighted by Gasteiger charge is -2.01. The molecule has 2 aromatic rings. The van der Waals surface area contributed by atoms with Crippen molar-refractivity contribution in [1.82, 2.24) is 5.32 Å². The van der Waals surface area contributed by atoms with E-state index in [4.69, 9.17) is 0 Å². The third-order valence-electron chi connectivity index (χ3n) is 2.66. The van der Waals surface area contributed by atoms with E-state index in [1.54, 1.807) is 12.2 Å². The molecule has 0 aliphatic rings. The highest BCUT2D eigenvalue weighted by Gasteiger charge is 1.97. The average molecular weight is 237 g/mol. The first kappa shape index (κ1) is 12.1. The number of carbonyl (C=O) groups is 1. The fraction of sp³-hybridized carbons (Fsp3) is 0.0625. The summed E-state index contributed by atoms with van der Waals surface area (Å²) in [7, 11) is 0. The maximum Gasteiger partial charge on any atom is 0.244 e. The molecule has 0 aliphatic carbocycles. The zero-order valence-electron chi connectivity index (χ0n) is 10.1. The van der Waals surface area contributed by atoms with Crippen LogP contribution in [0.15, 0.2) is 61.2 Å². The van der Waals surface area contributed by atoms with Crippen molar-refractivity contribution >= 4 is 22.8 Å². The molecular formula is C16H15NO. The molecule has 2 aromatic carbocycles. The molecule has 18 heavy (non-hydrogen) atoms. The normalized spacial score (nSPS) is 10.7. The highest BCUT2D eigenvalue weighted by atomic mass is 16.1. The van der Waals surface area contributed by atoms with Crippen LogP contribution in [0.3, 0.4) is 0 Å². The van der Waals surface area contributed by atoms with Crippen molar-refractivity contribution in [3.63, 3.8) is 0 Å². The quantitative estimate of drug-likeness (QED) is 0.642. The molecule has 2 nitrogen and oxygen atoms in total. The first-order chi connectivity index (χ1) is 8.81. The standard InChI is InChI=1S/C16H15NO/c1-2-12-17-16(18)11-10-14-8-5-7-13-6-3-4-9-15(13)14/h2-11H,1,12H2,(H,17,18). The van der Waals surface area contributed by atoms with Gasteiger partial charge in [-0.1, -0.05) is 48.5 Å². The molecule has 0 unspecified atom stereocenters. The predicted molar refractivity (Wildman–Crippen MR) is 76.2 cm³/mol. The molecule has 2 heteroatoms. The van der Waals surface area contributed by atoms with Crippen molar-refractivity contribution in [1.29, 1.82) is 0 Å². The van der Waals surface area contributed by atoms with Crippen LogP contribution in [0.1, 0.15) is 5.56 Å². The zero-order chi connectivity index (χ0) is 12.8. The number of carbonyl (C=O) groups excluding carboxylic acids is 1. The number of hydrogen-bond donors (Lipinski definition) is 1. The van der Waals surface area contributed by atoms with E-state index in [0.29, 0.717) is 6.54 Å². The Labute approximate surface area is 107 Å². The first-order valence-electron chi connectivity index (χ1n) is 5.86. The maximum absolute atomic E-state index is 11.5. The first-order valence-corrected chi connectivity index (χ1v) is 5.86.